The van der Waals surface area contributed by atoms with Crippen molar-refractivity contribution in [2.75, 3.05) is 4.90 Å². The molecule has 8 aromatic carbocycles. The van der Waals surface area contributed by atoms with E-state index in [1.165, 1.54) is 38.6 Å². The third-order valence-electron chi connectivity index (χ3n) is 11.3. The van der Waals surface area contributed by atoms with Crippen LogP contribution in [0.15, 0.2) is 173 Å². The van der Waals surface area contributed by atoms with Crippen molar-refractivity contribution in [1.82, 2.24) is 0 Å². The maximum absolute atomic E-state index is 7.06. The van der Waals surface area contributed by atoms with E-state index in [1.807, 2.05) is 12.1 Å². The van der Waals surface area contributed by atoms with Gasteiger partial charge in [0.1, 0.15) is 11.2 Å². The van der Waals surface area contributed by atoms with Crippen molar-refractivity contribution in [1.29, 1.82) is 0 Å². The summed E-state index contributed by atoms with van der Waals surface area (Å²) in [5, 5.41) is 6.78. The second kappa shape index (κ2) is 10.7. The van der Waals surface area contributed by atoms with Gasteiger partial charge in [0.25, 0.3) is 0 Å². The Labute approximate surface area is 301 Å². The van der Waals surface area contributed by atoms with Crippen molar-refractivity contribution in [3.63, 3.8) is 0 Å². The smallest absolute Gasteiger partial charge is 0.159 e. The SMILES string of the molecule is CC1(C)c2ccccc2-c2ccc(N(c3cccc4c3oc3ccccc34)c3cccc4c3oc3cc(-c5ccccc5)c5ccccc5c34)cc21. The quantitative estimate of drug-likeness (QED) is 0.187. The van der Waals surface area contributed by atoms with Crippen LogP contribution in [0.5, 0.6) is 0 Å². The van der Waals surface area contributed by atoms with Gasteiger partial charge in [0, 0.05) is 32.6 Å². The number of hydrogen-bond donors (Lipinski definition) is 0. The van der Waals surface area contributed by atoms with Crippen LogP contribution in [0.2, 0.25) is 0 Å². The molecule has 0 spiro atoms. The number of fused-ring (bicyclic) bond motifs is 11. The van der Waals surface area contributed by atoms with E-state index in [-0.39, 0.29) is 5.41 Å². The van der Waals surface area contributed by atoms with E-state index in [4.69, 9.17) is 8.83 Å². The lowest BCUT2D eigenvalue weighted by molar-refractivity contribution is 0.660. The van der Waals surface area contributed by atoms with Crippen LogP contribution in [0, 0.1) is 0 Å². The number of anilines is 3. The zero-order valence-corrected chi connectivity index (χ0v) is 28.9. The van der Waals surface area contributed by atoms with Gasteiger partial charge in [0.2, 0.25) is 0 Å². The summed E-state index contributed by atoms with van der Waals surface area (Å²) in [6.45, 7) is 4.67. The van der Waals surface area contributed by atoms with Crippen molar-refractivity contribution in [2.24, 2.45) is 0 Å². The van der Waals surface area contributed by atoms with Crippen molar-refractivity contribution < 1.29 is 8.83 Å². The highest BCUT2D eigenvalue weighted by Gasteiger charge is 2.36. The monoisotopic (exact) mass is 667 g/mol. The fourth-order valence-electron chi connectivity index (χ4n) is 8.83. The molecule has 10 aromatic rings. The van der Waals surface area contributed by atoms with Gasteiger partial charge >= 0.3 is 0 Å². The Morgan fingerprint density at radius 2 is 1.04 bits per heavy atom. The van der Waals surface area contributed by atoms with Gasteiger partial charge in [-0.3, -0.25) is 0 Å². The molecule has 52 heavy (non-hydrogen) atoms. The van der Waals surface area contributed by atoms with E-state index in [0.717, 1.165) is 66.5 Å². The topological polar surface area (TPSA) is 29.5 Å². The molecule has 0 saturated carbocycles. The molecule has 0 saturated heterocycles. The molecule has 3 nitrogen and oxygen atoms in total. The summed E-state index contributed by atoms with van der Waals surface area (Å²) in [7, 11) is 0. The van der Waals surface area contributed by atoms with Crippen LogP contribution in [-0.2, 0) is 5.41 Å². The van der Waals surface area contributed by atoms with Crippen LogP contribution in [0.25, 0.3) is 76.9 Å². The minimum atomic E-state index is -0.156. The van der Waals surface area contributed by atoms with Gasteiger partial charge in [-0.2, -0.15) is 0 Å². The number of benzene rings is 8. The molecule has 0 N–H and O–H groups in total. The lowest BCUT2D eigenvalue weighted by atomic mass is 9.82. The van der Waals surface area contributed by atoms with Gasteiger partial charge in [-0.1, -0.05) is 141 Å². The Morgan fingerprint density at radius 3 is 1.87 bits per heavy atom. The first-order valence-electron chi connectivity index (χ1n) is 17.9. The van der Waals surface area contributed by atoms with E-state index in [2.05, 4.69) is 170 Å². The van der Waals surface area contributed by atoms with Gasteiger partial charge in [-0.15, -0.1) is 0 Å². The first-order valence-corrected chi connectivity index (χ1v) is 17.9. The fourth-order valence-corrected chi connectivity index (χ4v) is 8.83. The minimum absolute atomic E-state index is 0.156. The van der Waals surface area contributed by atoms with Gasteiger partial charge in [0.15, 0.2) is 11.2 Å². The van der Waals surface area contributed by atoms with Crippen molar-refractivity contribution in [3.05, 3.63) is 175 Å². The maximum atomic E-state index is 7.06. The molecule has 1 aliphatic carbocycles. The number of para-hydroxylation sites is 3. The second-order valence-corrected chi connectivity index (χ2v) is 14.5. The maximum Gasteiger partial charge on any atom is 0.159 e. The summed E-state index contributed by atoms with van der Waals surface area (Å²) in [6, 6.07) is 58.5. The van der Waals surface area contributed by atoms with Crippen LogP contribution < -0.4 is 4.90 Å². The fraction of sp³-hybridized carbons (Fsp3) is 0.0612. The number of furan rings is 2. The van der Waals surface area contributed by atoms with E-state index >= 15 is 0 Å². The molecule has 0 bridgehead atoms. The normalized spacial score (nSPS) is 13.3. The Balaban J connectivity index is 1.22. The third-order valence-corrected chi connectivity index (χ3v) is 11.3. The van der Waals surface area contributed by atoms with Gasteiger partial charge in [0.05, 0.1) is 11.4 Å². The standard InChI is InChI=1S/C49H33NO2/c1-49(2)40-22-10-8-17-33(40)34-27-26-31(28-41(34)49)50(42-23-12-20-37-35-18-9-11-25-44(35)51-47(37)42)43-24-13-21-38-46-36-19-7-6-16-32(36)39(29-45(46)52-48(38)43)30-14-4-3-5-15-30/h3-29H,1-2H3. The molecule has 0 aliphatic heterocycles. The molecular formula is C49H33NO2. The predicted molar refractivity (Wildman–Crippen MR) is 216 cm³/mol. The van der Waals surface area contributed by atoms with E-state index in [1.54, 1.807) is 0 Å². The average molecular weight is 668 g/mol. The molecule has 2 heterocycles. The zero-order valence-electron chi connectivity index (χ0n) is 28.9. The lowest BCUT2D eigenvalue weighted by Gasteiger charge is -2.28. The molecule has 0 radical (unpaired) electrons. The highest BCUT2D eigenvalue weighted by molar-refractivity contribution is 6.24. The summed E-state index contributed by atoms with van der Waals surface area (Å²) in [5.41, 5.74) is 13.8. The van der Waals surface area contributed by atoms with Crippen LogP contribution >= 0.6 is 0 Å². The highest BCUT2D eigenvalue weighted by Crippen LogP contribution is 2.52. The molecule has 0 atom stereocenters. The molecule has 11 rings (SSSR count). The number of nitrogens with zero attached hydrogens (tertiary/aromatic N) is 1. The lowest BCUT2D eigenvalue weighted by Crippen LogP contribution is -2.16. The van der Waals surface area contributed by atoms with Gasteiger partial charge in [-0.05, 0) is 80.6 Å². The molecule has 246 valence electrons. The van der Waals surface area contributed by atoms with E-state index in [0.29, 0.717) is 0 Å². The first-order chi connectivity index (χ1) is 25.6. The van der Waals surface area contributed by atoms with Crippen molar-refractivity contribution >= 4 is 71.7 Å². The molecule has 2 aromatic heterocycles. The third kappa shape index (κ3) is 4.02. The summed E-state index contributed by atoms with van der Waals surface area (Å²) in [6.07, 6.45) is 0. The van der Waals surface area contributed by atoms with Crippen LogP contribution in [0.4, 0.5) is 17.1 Å². The first kappa shape index (κ1) is 29.2. The van der Waals surface area contributed by atoms with Gasteiger partial charge < -0.3 is 13.7 Å². The summed E-state index contributed by atoms with van der Waals surface area (Å²) < 4.78 is 13.8. The summed E-state index contributed by atoms with van der Waals surface area (Å²) in [5.74, 6) is 0. The Morgan fingerprint density at radius 1 is 0.423 bits per heavy atom. The van der Waals surface area contributed by atoms with Crippen molar-refractivity contribution in [3.8, 4) is 22.3 Å². The van der Waals surface area contributed by atoms with Crippen LogP contribution in [0.3, 0.4) is 0 Å². The average Bonchev–Trinajstić information content (AvgIpc) is 3.84. The molecule has 0 amide bonds. The predicted octanol–water partition coefficient (Wildman–Crippen LogP) is 14.1. The molecular weight excluding hydrogens is 635 g/mol. The van der Waals surface area contributed by atoms with E-state index in [9.17, 15) is 0 Å². The summed E-state index contributed by atoms with van der Waals surface area (Å²) in [4.78, 5) is 2.34. The molecule has 0 fully saturated rings. The van der Waals surface area contributed by atoms with E-state index < -0.39 is 0 Å². The molecule has 0 unspecified atom stereocenters. The summed E-state index contributed by atoms with van der Waals surface area (Å²) >= 11 is 0. The van der Waals surface area contributed by atoms with Crippen LogP contribution in [-0.4, -0.2) is 0 Å². The number of hydrogen-bond acceptors (Lipinski definition) is 3. The molecule has 3 heteroatoms. The largest absolute Gasteiger partial charge is 0.454 e. The Kier molecular flexibility index (Phi) is 6.01. The van der Waals surface area contributed by atoms with Crippen molar-refractivity contribution in [2.45, 2.75) is 19.3 Å². The van der Waals surface area contributed by atoms with Gasteiger partial charge in [-0.25, -0.2) is 0 Å². The molecule has 1 aliphatic rings. The zero-order chi connectivity index (χ0) is 34.6. The highest BCUT2D eigenvalue weighted by atomic mass is 16.3. The van der Waals surface area contributed by atoms with Crippen LogP contribution in [0.1, 0.15) is 25.0 Å². The minimum Gasteiger partial charge on any atom is -0.454 e. The second-order valence-electron chi connectivity index (χ2n) is 14.5. The Bertz CT molecular complexity index is 3050. The Hall–Kier alpha value is -6.58. The number of rotatable bonds is 4.